The normalized spacial score (nSPS) is 15.5. The van der Waals surface area contributed by atoms with Crippen LogP contribution in [-0.2, 0) is 16.0 Å². The second kappa shape index (κ2) is 5.94. The molecule has 0 unspecified atom stereocenters. The molecule has 0 N–H and O–H groups in total. The molecule has 1 aliphatic carbocycles. The molecule has 104 valence electrons. The zero-order valence-corrected chi connectivity index (χ0v) is 12.4. The van der Waals surface area contributed by atoms with Gasteiger partial charge in [-0.25, -0.2) is 0 Å². The Kier molecular flexibility index (Phi) is 4.26. The van der Waals surface area contributed by atoms with Crippen molar-refractivity contribution in [3.63, 3.8) is 0 Å². The Hall–Kier alpha value is -2.05. The van der Waals surface area contributed by atoms with E-state index < -0.39 is 5.60 Å². The molecule has 0 amide bonds. The predicted octanol–water partition coefficient (Wildman–Crippen LogP) is 2.93. The van der Waals surface area contributed by atoms with E-state index in [9.17, 15) is 0 Å². The summed E-state index contributed by atoms with van der Waals surface area (Å²) in [5, 5.41) is 4.05. The lowest BCUT2D eigenvalue weighted by molar-refractivity contribution is 0.0742. The maximum atomic E-state index is 5.30. The highest BCUT2D eigenvalue weighted by molar-refractivity contribution is 6.10. The first-order valence-corrected chi connectivity index (χ1v) is 6.55. The lowest BCUT2D eigenvalue weighted by Gasteiger charge is -2.15. The fourth-order valence-corrected chi connectivity index (χ4v) is 1.91. The summed E-state index contributed by atoms with van der Waals surface area (Å²) in [6, 6.07) is 6.17. The first kappa shape index (κ1) is 14.4. The van der Waals surface area contributed by atoms with Gasteiger partial charge in [-0.3, -0.25) is 0 Å². The summed E-state index contributed by atoms with van der Waals surface area (Å²) >= 11 is 0. The molecule has 0 radical (unpaired) electrons. The van der Waals surface area contributed by atoms with Crippen LogP contribution in [0.1, 0.15) is 30.5 Å². The molecule has 3 nitrogen and oxygen atoms in total. The van der Waals surface area contributed by atoms with Crippen LogP contribution in [0, 0.1) is 11.8 Å². The van der Waals surface area contributed by atoms with Gasteiger partial charge in [-0.05, 0) is 44.0 Å². The Morgan fingerprint density at radius 3 is 2.75 bits per heavy atom. The van der Waals surface area contributed by atoms with Crippen LogP contribution in [-0.4, -0.2) is 25.5 Å². The molecule has 0 saturated heterocycles. The topological polar surface area (TPSA) is 30.8 Å². The standard InChI is InChI=1S/C17H19NO2/c1-17(2,19-3)11-10-13-8-9-14-6-5-7-16(18-20-4)15(14)12-13/h5,7-9,12H,6H2,1-4H3. The third-order valence-corrected chi connectivity index (χ3v) is 3.21. The highest BCUT2D eigenvalue weighted by atomic mass is 16.6. The van der Waals surface area contributed by atoms with Gasteiger partial charge in [0.1, 0.15) is 18.4 Å². The van der Waals surface area contributed by atoms with Crippen molar-refractivity contribution in [2.24, 2.45) is 5.16 Å². The van der Waals surface area contributed by atoms with Gasteiger partial charge < -0.3 is 9.57 Å². The number of nitrogens with zero attached hydrogens (tertiary/aromatic N) is 1. The average Bonchev–Trinajstić information content (AvgIpc) is 2.46. The zero-order chi connectivity index (χ0) is 14.6. The zero-order valence-electron chi connectivity index (χ0n) is 12.4. The summed E-state index contributed by atoms with van der Waals surface area (Å²) in [7, 11) is 3.22. The molecule has 0 aliphatic heterocycles. The van der Waals surface area contributed by atoms with Crippen molar-refractivity contribution in [1.82, 2.24) is 0 Å². The molecule has 0 fully saturated rings. The van der Waals surface area contributed by atoms with Crippen LogP contribution < -0.4 is 0 Å². The summed E-state index contributed by atoms with van der Waals surface area (Å²) in [6.45, 7) is 3.89. The van der Waals surface area contributed by atoms with Gasteiger partial charge in [0.05, 0.1) is 0 Å². The number of methoxy groups -OCH3 is 1. The Labute approximate surface area is 120 Å². The maximum absolute atomic E-state index is 5.30. The van der Waals surface area contributed by atoms with Crippen LogP contribution in [0.2, 0.25) is 0 Å². The van der Waals surface area contributed by atoms with Gasteiger partial charge >= 0.3 is 0 Å². The first-order valence-electron chi connectivity index (χ1n) is 6.55. The fourth-order valence-electron chi connectivity index (χ4n) is 1.91. The number of hydrogen-bond donors (Lipinski definition) is 0. The minimum Gasteiger partial charge on any atom is -0.399 e. The number of fused-ring (bicyclic) bond motifs is 1. The molecule has 0 aromatic heterocycles. The average molecular weight is 269 g/mol. The van der Waals surface area contributed by atoms with E-state index in [-0.39, 0.29) is 0 Å². The second-order valence-corrected chi connectivity index (χ2v) is 5.10. The summed E-state index contributed by atoms with van der Waals surface area (Å²) in [6.07, 6.45) is 4.97. The highest BCUT2D eigenvalue weighted by Gasteiger charge is 2.13. The number of rotatable bonds is 2. The van der Waals surface area contributed by atoms with Gasteiger partial charge in [0, 0.05) is 18.2 Å². The predicted molar refractivity (Wildman–Crippen MR) is 80.8 cm³/mol. The van der Waals surface area contributed by atoms with E-state index in [1.54, 1.807) is 14.2 Å². The van der Waals surface area contributed by atoms with E-state index in [4.69, 9.17) is 9.57 Å². The molecule has 0 bridgehead atoms. The molecular formula is C17H19NO2. The van der Waals surface area contributed by atoms with Crippen molar-refractivity contribution in [3.8, 4) is 11.8 Å². The highest BCUT2D eigenvalue weighted by Crippen LogP contribution is 2.19. The SMILES string of the molecule is CON=C1C=CCc2ccc(C#CC(C)(C)OC)cc21. The summed E-state index contributed by atoms with van der Waals surface area (Å²) in [5.74, 6) is 6.27. The van der Waals surface area contributed by atoms with Crippen LogP contribution in [0.4, 0.5) is 0 Å². The van der Waals surface area contributed by atoms with Crippen LogP contribution in [0.3, 0.4) is 0 Å². The molecule has 1 aliphatic rings. The van der Waals surface area contributed by atoms with E-state index in [2.05, 4.69) is 35.2 Å². The number of allylic oxidation sites excluding steroid dienone is 2. The molecule has 0 heterocycles. The number of benzene rings is 1. The third-order valence-electron chi connectivity index (χ3n) is 3.21. The number of ether oxygens (including phenoxy) is 1. The number of oxime groups is 1. The second-order valence-electron chi connectivity index (χ2n) is 5.10. The van der Waals surface area contributed by atoms with Gasteiger partial charge in [-0.2, -0.15) is 0 Å². The largest absolute Gasteiger partial charge is 0.399 e. The minimum absolute atomic E-state index is 0.445. The van der Waals surface area contributed by atoms with Crippen molar-refractivity contribution in [2.75, 3.05) is 14.2 Å². The lowest BCUT2D eigenvalue weighted by Crippen LogP contribution is -2.19. The first-order chi connectivity index (χ1) is 9.55. The van der Waals surface area contributed by atoms with E-state index in [1.165, 1.54) is 5.56 Å². The van der Waals surface area contributed by atoms with E-state index in [0.29, 0.717) is 0 Å². The molecule has 1 aromatic rings. The molecule has 3 heteroatoms. The van der Waals surface area contributed by atoms with Crippen LogP contribution in [0.15, 0.2) is 35.5 Å². The summed E-state index contributed by atoms with van der Waals surface area (Å²) in [4.78, 5) is 4.89. The monoisotopic (exact) mass is 269 g/mol. The molecule has 0 atom stereocenters. The smallest absolute Gasteiger partial charge is 0.123 e. The van der Waals surface area contributed by atoms with E-state index in [0.717, 1.165) is 23.3 Å². The lowest BCUT2D eigenvalue weighted by atomic mass is 9.93. The Morgan fingerprint density at radius 2 is 2.05 bits per heavy atom. The van der Waals surface area contributed by atoms with Crippen LogP contribution >= 0.6 is 0 Å². The molecule has 2 rings (SSSR count). The number of hydrogen-bond acceptors (Lipinski definition) is 3. The summed E-state index contributed by atoms with van der Waals surface area (Å²) < 4.78 is 5.30. The molecular weight excluding hydrogens is 250 g/mol. The van der Waals surface area contributed by atoms with Crippen molar-refractivity contribution in [3.05, 3.63) is 47.0 Å². The van der Waals surface area contributed by atoms with E-state index in [1.807, 2.05) is 26.0 Å². The molecule has 20 heavy (non-hydrogen) atoms. The van der Waals surface area contributed by atoms with E-state index >= 15 is 0 Å². The van der Waals surface area contributed by atoms with Gasteiger partial charge in [0.25, 0.3) is 0 Å². The fraction of sp³-hybridized carbons (Fsp3) is 0.353. The third kappa shape index (κ3) is 3.28. The van der Waals surface area contributed by atoms with Gasteiger partial charge in [-0.15, -0.1) is 0 Å². The van der Waals surface area contributed by atoms with Gasteiger partial charge in [-0.1, -0.05) is 29.1 Å². The Morgan fingerprint density at radius 1 is 1.25 bits per heavy atom. The van der Waals surface area contributed by atoms with Crippen molar-refractivity contribution >= 4 is 5.71 Å². The quantitative estimate of drug-likeness (QED) is 0.610. The minimum atomic E-state index is -0.445. The molecule has 1 aromatic carbocycles. The van der Waals surface area contributed by atoms with Gasteiger partial charge in [0.2, 0.25) is 0 Å². The molecule has 0 saturated carbocycles. The van der Waals surface area contributed by atoms with Crippen LogP contribution in [0.5, 0.6) is 0 Å². The maximum Gasteiger partial charge on any atom is 0.123 e. The van der Waals surface area contributed by atoms with Crippen molar-refractivity contribution < 1.29 is 9.57 Å². The van der Waals surface area contributed by atoms with Gasteiger partial charge in [0.15, 0.2) is 0 Å². The van der Waals surface area contributed by atoms with Crippen molar-refractivity contribution in [1.29, 1.82) is 0 Å². The Bertz CT molecular complexity index is 616. The molecule has 0 spiro atoms. The van der Waals surface area contributed by atoms with Crippen LogP contribution in [0.25, 0.3) is 0 Å². The summed E-state index contributed by atoms with van der Waals surface area (Å²) in [5.41, 5.74) is 3.66. The van der Waals surface area contributed by atoms with Crippen molar-refractivity contribution in [2.45, 2.75) is 25.9 Å². The Balaban J connectivity index is 2.37.